The fourth-order valence-electron chi connectivity index (χ4n) is 9.06. The van der Waals surface area contributed by atoms with E-state index >= 15 is 0 Å². The zero-order valence-corrected chi connectivity index (χ0v) is 42.5. The Kier molecular flexibility index (Phi) is 15.5. The molecule has 0 amide bonds. The van der Waals surface area contributed by atoms with Gasteiger partial charge in [-0.2, -0.15) is 0 Å². The van der Waals surface area contributed by atoms with Crippen LogP contribution in [0.15, 0.2) is 122 Å². The summed E-state index contributed by atoms with van der Waals surface area (Å²) in [6, 6.07) is 29.7. The van der Waals surface area contributed by atoms with Gasteiger partial charge in [0, 0.05) is 81.6 Å². The number of nitrogens with one attached hydrogen (secondary N) is 2. The third-order valence-corrected chi connectivity index (χ3v) is 12.6. The van der Waals surface area contributed by atoms with Crippen LogP contribution in [0.5, 0.6) is 0 Å². The SMILES string of the molecule is COC(=O)c1ccc2c(c1)Cc1cnc(C)cc1-2.COC(=O)c1ccc2c(c1)[nH]c1c(C)nccc12.Cc1cc2c(cn1)Cc1cc(C(=O)O)ccc1-2.Cc1nccc2c1[nH]c1cc(C(=O)O)ccc12.[Na+].[OH-]. The minimum absolute atomic E-state index is 0. The Morgan fingerprint density at radius 2 is 0.861 bits per heavy atom. The van der Waals surface area contributed by atoms with Crippen LogP contribution in [-0.4, -0.2) is 83.7 Å². The van der Waals surface area contributed by atoms with E-state index in [1.165, 1.54) is 47.6 Å². The third kappa shape index (κ3) is 10.2. The van der Waals surface area contributed by atoms with E-state index in [0.29, 0.717) is 16.7 Å². The molecule has 16 heteroatoms. The van der Waals surface area contributed by atoms with Gasteiger partial charge in [0.25, 0.3) is 0 Å². The number of carboxylic acid groups (broad SMARTS) is 2. The molecule has 6 aromatic heterocycles. The molecule has 0 aliphatic heterocycles. The van der Waals surface area contributed by atoms with Gasteiger partial charge in [-0.25, -0.2) is 19.2 Å². The third-order valence-electron chi connectivity index (χ3n) is 12.6. The van der Waals surface area contributed by atoms with E-state index in [2.05, 4.69) is 42.0 Å². The number of carboxylic acids is 2. The molecule has 0 fully saturated rings. The molecule has 0 unspecified atom stereocenters. The molecule has 356 valence electrons. The van der Waals surface area contributed by atoms with Crippen molar-refractivity contribution in [2.24, 2.45) is 0 Å². The van der Waals surface area contributed by atoms with Crippen molar-refractivity contribution < 1.29 is 73.9 Å². The molecule has 0 bridgehead atoms. The van der Waals surface area contributed by atoms with Crippen LogP contribution < -0.4 is 29.6 Å². The predicted molar refractivity (Wildman–Crippen MR) is 270 cm³/mol. The Morgan fingerprint density at radius 1 is 0.472 bits per heavy atom. The van der Waals surface area contributed by atoms with Gasteiger partial charge in [0.15, 0.2) is 0 Å². The van der Waals surface area contributed by atoms with Crippen LogP contribution in [0, 0.1) is 27.7 Å². The number of aryl methyl sites for hydroxylation is 4. The Balaban J connectivity index is 0.000000140. The Bertz CT molecular complexity index is 3770. The topological polar surface area (TPSA) is 240 Å². The summed E-state index contributed by atoms with van der Waals surface area (Å²) in [5.41, 5.74) is 18.7. The zero-order chi connectivity index (χ0) is 49.4. The number of H-pyrrole nitrogens is 2. The first-order valence-electron chi connectivity index (χ1n) is 22.3. The molecule has 6 heterocycles. The van der Waals surface area contributed by atoms with E-state index in [0.717, 1.165) is 90.4 Å². The fraction of sp³-hybridized carbons (Fsp3) is 0.143. The summed E-state index contributed by atoms with van der Waals surface area (Å²) in [5, 5.41) is 22.2. The largest absolute Gasteiger partial charge is 1.00 e. The molecule has 4 aromatic carbocycles. The van der Waals surface area contributed by atoms with Crippen LogP contribution in [0.4, 0.5) is 0 Å². The summed E-state index contributed by atoms with van der Waals surface area (Å²) in [6.45, 7) is 7.83. The van der Waals surface area contributed by atoms with E-state index in [4.69, 9.17) is 19.7 Å². The van der Waals surface area contributed by atoms with Gasteiger partial charge in [0.1, 0.15) is 0 Å². The quantitative estimate of drug-likeness (QED) is 0.0975. The maximum atomic E-state index is 11.5. The molecule has 72 heavy (non-hydrogen) atoms. The number of carbonyl (C=O) groups is 4. The number of nitrogens with zero attached hydrogens (tertiary/aromatic N) is 4. The number of fused-ring (bicyclic) bond motifs is 12. The number of aromatic nitrogens is 6. The summed E-state index contributed by atoms with van der Waals surface area (Å²) >= 11 is 0. The minimum atomic E-state index is -0.916. The predicted octanol–water partition coefficient (Wildman–Crippen LogP) is 7.77. The van der Waals surface area contributed by atoms with Gasteiger partial charge in [0.2, 0.25) is 0 Å². The van der Waals surface area contributed by atoms with Gasteiger partial charge in [-0.3, -0.25) is 19.9 Å². The van der Waals surface area contributed by atoms with Gasteiger partial charge in [0.05, 0.1) is 58.9 Å². The number of methoxy groups -OCH3 is 2. The maximum Gasteiger partial charge on any atom is 1.00 e. The molecule has 2 aliphatic rings. The molecule has 15 nitrogen and oxygen atoms in total. The summed E-state index contributed by atoms with van der Waals surface area (Å²) in [5.74, 6) is -2.41. The molecular formula is C56H47N6NaO9. The molecule has 0 spiro atoms. The number of carbonyl (C=O) groups excluding carboxylic acids is 2. The Hall–Kier alpha value is -8.08. The molecule has 0 radical (unpaired) electrons. The number of hydrogen-bond acceptors (Lipinski definition) is 11. The zero-order valence-electron chi connectivity index (χ0n) is 40.5. The molecule has 10 aromatic rings. The first-order chi connectivity index (χ1) is 33.7. The van der Waals surface area contributed by atoms with Crippen molar-refractivity contribution in [1.29, 1.82) is 0 Å². The van der Waals surface area contributed by atoms with Gasteiger partial charge in [-0.05, 0) is 145 Å². The van der Waals surface area contributed by atoms with Crippen LogP contribution in [0.1, 0.15) is 86.5 Å². The molecule has 0 saturated heterocycles. The van der Waals surface area contributed by atoms with Crippen LogP contribution in [-0.2, 0) is 22.3 Å². The van der Waals surface area contributed by atoms with Crippen molar-refractivity contribution in [2.45, 2.75) is 40.5 Å². The van der Waals surface area contributed by atoms with E-state index < -0.39 is 11.9 Å². The number of pyridine rings is 4. The normalized spacial score (nSPS) is 11.2. The molecule has 2 aliphatic carbocycles. The average Bonchev–Trinajstić information content (AvgIpc) is 4.14. The van der Waals surface area contributed by atoms with Gasteiger partial charge >= 0.3 is 53.4 Å². The molecule has 12 rings (SSSR count). The van der Waals surface area contributed by atoms with E-state index in [1.54, 1.807) is 48.8 Å². The van der Waals surface area contributed by atoms with Crippen molar-refractivity contribution >= 4 is 67.5 Å². The van der Waals surface area contributed by atoms with Crippen molar-refractivity contribution in [1.82, 2.24) is 29.9 Å². The summed E-state index contributed by atoms with van der Waals surface area (Å²) in [4.78, 5) is 68.4. The number of esters is 2. The van der Waals surface area contributed by atoms with E-state index in [1.807, 2.05) is 88.6 Å². The number of benzene rings is 4. The van der Waals surface area contributed by atoms with Crippen molar-refractivity contribution in [3.05, 3.63) is 189 Å². The second-order valence-electron chi connectivity index (χ2n) is 17.1. The second-order valence-corrected chi connectivity index (χ2v) is 17.1. The molecule has 0 atom stereocenters. The first kappa shape index (κ1) is 51.8. The smallest absolute Gasteiger partial charge is 0.870 e. The van der Waals surface area contributed by atoms with E-state index in [9.17, 15) is 19.2 Å². The average molecular weight is 971 g/mol. The maximum absolute atomic E-state index is 11.5. The molecular weight excluding hydrogens is 924 g/mol. The summed E-state index contributed by atoms with van der Waals surface area (Å²) < 4.78 is 9.46. The minimum Gasteiger partial charge on any atom is -0.870 e. The Morgan fingerprint density at radius 3 is 1.32 bits per heavy atom. The number of ether oxygens (including phenoxy) is 2. The van der Waals surface area contributed by atoms with Crippen LogP contribution in [0.25, 0.3) is 65.9 Å². The number of hydrogen-bond donors (Lipinski definition) is 4. The first-order valence-corrected chi connectivity index (χ1v) is 22.3. The van der Waals surface area contributed by atoms with Crippen molar-refractivity contribution in [3.63, 3.8) is 0 Å². The van der Waals surface area contributed by atoms with Crippen molar-refractivity contribution in [2.75, 3.05) is 14.2 Å². The van der Waals surface area contributed by atoms with E-state index in [-0.39, 0.29) is 52.5 Å². The monoisotopic (exact) mass is 970 g/mol. The van der Waals surface area contributed by atoms with Crippen molar-refractivity contribution in [3.8, 4) is 22.3 Å². The number of rotatable bonds is 4. The van der Waals surface area contributed by atoms with Gasteiger partial charge < -0.3 is 35.1 Å². The van der Waals surface area contributed by atoms with Crippen LogP contribution in [0.2, 0.25) is 0 Å². The number of aromatic carboxylic acids is 2. The summed E-state index contributed by atoms with van der Waals surface area (Å²) in [7, 11) is 2.78. The fourth-order valence-corrected chi connectivity index (χ4v) is 9.06. The number of aromatic amines is 2. The Labute approximate surface area is 434 Å². The van der Waals surface area contributed by atoms with Gasteiger partial charge in [-0.15, -0.1) is 0 Å². The van der Waals surface area contributed by atoms with Crippen LogP contribution >= 0.6 is 0 Å². The summed E-state index contributed by atoms with van der Waals surface area (Å²) in [6.07, 6.45) is 8.96. The second kappa shape index (κ2) is 21.5. The molecule has 0 saturated carbocycles. The van der Waals surface area contributed by atoms with Gasteiger partial charge in [-0.1, -0.05) is 24.3 Å². The molecule has 5 N–H and O–H groups in total. The standard InChI is InChI=1S/C15H13NO2.C14H12N2O2.C14H11NO2.C13H10N2O2.Na.H2O/c1-9-5-14-12(8-16-9)7-11-6-10(15(17)18-2)3-4-13(11)14;1-8-13-11(5-6-15-8)10-4-3-9(14(17)18-2)7-12(10)16-13;1-8-4-13-11(7-15-8)6-10-5-9(14(16)17)2-3-12(10)13;1-7-12-10(4-5-14-7)9-3-2-8(13(16)17)6-11(9)15-12;;/h3-6,8H,7H2,1-2H3;3-7,16H,1-2H3;2-5,7H,6H2,1H3,(H,16,17);2-6,15H,1H3,(H,16,17);;1H2/q;;;;+1;/p-1. The van der Waals surface area contributed by atoms with Crippen LogP contribution in [0.3, 0.4) is 0 Å².